The van der Waals surface area contributed by atoms with Gasteiger partial charge in [-0.15, -0.1) is 0 Å². The number of ether oxygens (including phenoxy) is 1. The first-order valence-corrected chi connectivity index (χ1v) is 12.1. The standard InChI is InChI=1S/C28H28F3N3O5/c1-17(2)23(25(36)28(29,30)31)33-22(35)15-34-24(20-12-8-5-9-13-20)18(3)14-21(26(34)37)32-27(38)39-16-19-10-6-4-7-11-19/h4-14,17,23H,15-16H2,1-3H3,(H,32,38)(H,33,35). The number of carbonyl (C=O) groups excluding carboxylic acids is 3. The highest BCUT2D eigenvalue weighted by Crippen LogP contribution is 2.25. The molecule has 2 aromatic carbocycles. The van der Waals surface area contributed by atoms with E-state index in [1.807, 2.05) is 6.07 Å². The number of nitrogens with one attached hydrogen (secondary N) is 2. The predicted octanol–water partition coefficient (Wildman–Crippen LogP) is 4.84. The van der Waals surface area contributed by atoms with E-state index in [0.29, 0.717) is 16.8 Å². The molecule has 2 N–H and O–H groups in total. The molecule has 1 unspecified atom stereocenters. The second-order valence-corrected chi connectivity index (χ2v) is 9.18. The Hall–Kier alpha value is -4.41. The molecule has 0 saturated heterocycles. The van der Waals surface area contributed by atoms with Crippen LogP contribution in [0.2, 0.25) is 0 Å². The number of aryl methyl sites for hydroxylation is 1. The minimum Gasteiger partial charge on any atom is -0.444 e. The minimum absolute atomic E-state index is 0.0474. The molecule has 0 fully saturated rings. The Morgan fingerprint density at radius 1 is 0.974 bits per heavy atom. The largest absolute Gasteiger partial charge is 0.452 e. The number of ketones is 1. The molecule has 0 radical (unpaired) electrons. The summed E-state index contributed by atoms with van der Waals surface area (Å²) in [6.45, 7) is 3.64. The number of carbonyl (C=O) groups is 3. The summed E-state index contributed by atoms with van der Waals surface area (Å²) in [5.41, 5.74) is 1.13. The van der Waals surface area contributed by atoms with Crippen molar-refractivity contribution in [2.45, 2.75) is 46.1 Å². The molecule has 0 aliphatic carbocycles. The van der Waals surface area contributed by atoms with Crippen molar-refractivity contribution in [2.75, 3.05) is 5.32 Å². The van der Waals surface area contributed by atoms with Crippen LogP contribution in [-0.4, -0.2) is 34.6 Å². The molecule has 0 spiro atoms. The van der Waals surface area contributed by atoms with E-state index < -0.39 is 48.0 Å². The molecule has 2 amide bonds. The zero-order valence-corrected chi connectivity index (χ0v) is 21.5. The fourth-order valence-electron chi connectivity index (χ4n) is 3.97. The van der Waals surface area contributed by atoms with Crippen molar-refractivity contribution in [2.24, 2.45) is 5.92 Å². The van der Waals surface area contributed by atoms with Gasteiger partial charge in [0.15, 0.2) is 0 Å². The number of pyridine rings is 1. The average molecular weight is 544 g/mol. The molecule has 1 atom stereocenters. The lowest BCUT2D eigenvalue weighted by Gasteiger charge is -2.23. The molecular formula is C28H28F3N3O5. The Bertz CT molecular complexity index is 1390. The zero-order chi connectivity index (χ0) is 28.7. The number of nitrogens with zero attached hydrogens (tertiary/aromatic N) is 1. The summed E-state index contributed by atoms with van der Waals surface area (Å²) >= 11 is 0. The van der Waals surface area contributed by atoms with Crippen molar-refractivity contribution in [3.8, 4) is 11.3 Å². The van der Waals surface area contributed by atoms with Crippen LogP contribution in [0, 0.1) is 12.8 Å². The molecule has 1 heterocycles. The molecule has 0 bridgehead atoms. The molecule has 1 aromatic heterocycles. The number of Topliss-reactive ketones (excluding diaryl/α,β-unsaturated/α-hetero) is 1. The molecule has 3 aromatic rings. The molecule has 8 nitrogen and oxygen atoms in total. The summed E-state index contributed by atoms with van der Waals surface area (Å²) < 4.78 is 45.5. The van der Waals surface area contributed by atoms with Crippen LogP contribution in [0.5, 0.6) is 0 Å². The summed E-state index contributed by atoms with van der Waals surface area (Å²) in [6.07, 6.45) is -6.05. The number of halogens is 3. The van der Waals surface area contributed by atoms with E-state index >= 15 is 0 Å². The van der Waals surface area contributed by atoms with E-state index in [9.17, 15) is 32.3 Å². The fraction of sp³-hybridized carbons (Fsp3) is 0.286. The topological polar surface area (TPSA) is 106 Å². The third kappa shape index (κ3) is 7.56. The fourth-order valence-corrected chi connectivity index (χ4v) is 3.97. The quantitative estimate of drug-likeness (QED) is 0.402. The number of anilines is 1. The van der Waals surface area contributed by atoms with Crippen LogP contribution in [0.25, 0.3) is 11.3 Å². The maximum atomic E-state index is 13.4. The Morgan fingerprint density at radius 2 is 1.56 bits per heavy atom. The minimum atomic E-state index is -5.14. The normalized spacial score (nSPS) is 12.1. The van der Waals surface area contributed by atoms with Crippen LogP contribution in [-0.2, 0) is 27.5 Å². The smallest absolute Gasteiger partial charge is 0.444 e. The first kappa shape index (κ1) is 29.2. The van der Waals surface area contributed by atoms with Gasteiger partial charge in [0.05, 0.1) is 11.7 Å². The second kappa shape index (κ2) is 12.4. The van der Waals surface area contributed by atoms with Crippen molar-refractivity contribution in [1.29, 1.82) is 0 Å². The lowest BCUT2D eigenvalue weighted by molar-refractivity contribution is -0.174. The van der Waals surface area contributed by atoms with Gasteiger partial charge in [-0.05, 0) is 35.6 Å². The Balaban J connectivity index is 1.93. The number of amides is 2. The van der Waals surface area contributed by atoms with Crippen molar-refractivity contribution >= 4 is 23.5 Å². The molecule has 0 aliphatic heterocycles. The Labute approximate surface area is 222 Å². The summed E-state index contributed by atoms with van der Waals surface area (Å²) in [5.74, 6) is -3.93. The van der Waals surface area contributed by atoms with Gasteiger partial charge in [0.25, 0.3) is 11.3 Å². The number of hydrogen-bond donors (Lipinski definition) is 2. The summed E-state index contributed by atoms with van der Waals surface area (Å²) in [7, 11) is 0. The molecular weight excluding hydrogens is 515 g/mol. The number of rotatable bonds is 9. The Morgan fingerprint density at radius 3 is 2.13 bits per heavy atom. The van der Waals surface area contributed by atoms with E-state index in [1.54, 1.807) is 61.5 Å². The lowest BCUT2D eigenvalue weighted by atomic mass is 9.99. The highest BCUT2D eigenvalue weighted by Gasteiger charge is 2.45. The van der Waals surface area contributed by atoms with Gasteiger partial charge in [-0.3, -0.25) is 24.3 Å². The molecule has 0 saturated carbocycles. The van der Waals surface area contributed by atoms with E-state index in [2.05, 4.69) is 10.6 Å². The zero-order valence-electron chi connectivity index (χ0n) is 21.5. The van der Waals surface area contributed by atoms with Crippen LogP contribution in [0.1, 0.15) is 25.0 Å². The maximum Gasteiger partial charge on any atom is 0.452 e. The summed E-state index contributed by atoms with van der Waals surface area (Å²) in [6, 6.07) is 17.0. The van der Waals surface area contributed by atoms with Gasteiger partial charge in [0.2, 0.25) is 5.91 Å². The highest BCUT2D eigenvalue weighted by molar-refractivity contribution is 5.93. The number of benzene rings is 2. The molecule has 206 valence electrons. The van der Waals surface area contributed by atoms with Gasteiger partial charge in [-0.25, -0.2) is 4.79 Å². The third-order valence-electron chi connectivity index (χ3n) is 5.82. The van der Waals surface area contributed by atoms with Crippen molar-refractivity contribution in [3.05, 3.63) is 88.2 Å². The average Bonchev–Trinajstić information content (AvgIpc) is 2.89. The predicted molar refractivity (Wildman–Crippen MR) is 139 cm³/mol. The molecule has 11 heteroatoms. The van der Waals surface area contributed by atoms with Crippen molar-refractivity contribution in [3.63, 3.8) is 0 Å². The number of alkyl halides is 3. The lowest BCUT2D eigenvalue weighted by Crippen LogP contribution is -2.51. The van der Waals surface area contributed by atoms with E-state index in [1.165, 1.54) is 19.9 Å². The first-order valence-electron chi connectivity index (χ1n) is 12.1. The maximum absolute atomic E-state index is 13.4. The van der Waals surface area contributed by atoms with Gasteiger partial charge >= 0.3 is 12.3 Å². The highest BCUT2D eigenvalue weighted by atomic mass is 19.4. The summed E-state index contributed by atoms with van der Waals surface area (Å²) in [5, 5.41) is 4.50. The monoisotopic (exact) mass is 543 g/mol. The van der Waals surface area contributed by atoms with Crippen molar-refractivity contribution in [1.82, 2.24) is 9.88 Å². The van der Waals surface area contributed by atoms with Gasteiger partial charge in [0, 0.05) is 0 Å². The third-order valence-corrected chi connectivity index (χ3v) is 5.82. The van der Waals surface area contributed by atoms with E-state index in [-0.39, 0.29) is 12.3 Å². The van der Waals surface area contributed by atoms with E-state index in [0.717, 1.165) is 10.1 Å². The molecule has 0 aliphatic rings. The summed E-state index contributed by atoms with van der Waals surface area (Å²) in [4.78, 5) is 50.6. The van der Waals surface area contributed by atoms with Gasteiger partial charge in [-0.2, -0.15) is 13.2 Å². The molecule has 39 heavy (non-hydrogen) atoms. The van der Waals surface area contributed by atoms with Crippen LogP contribution in [0.3, 0.4) is 0 Å². The van der Waals surface area contributed by atoms with Gasteiger partial charge in [-0.1, -0.05) is 74.5 Å². The number of hydrogen-bond acceptors (Lipinski definition) is 5. The van der Waals surface area contributed by atoms with Crippen molar-refractivity contribution < 1.29 is 32.3 Å². The van der Waals surface area contributed by atoms with Crippen LogP contribution < -0.4 is 16.2 Å². The molecule has 3 rings (SSSR count). The SMILES string of the molecule is Cc1cc(NC(=O)OCc2ccccc2)c(=O)n(CC(=O)NC(C(=O)C(F)(F)F)C(C)C)c1-c1ccccc1. The number of aromatic nitrogens is 1. The second-order valence-electron chi connectivity index (χ2n) is 9.18. The van der Waals surface area contributed by atoms with Gasteiger partial charge < -0.3 is 10.1 Å². The van der Waals surface area contributed by atoms with Crippen LogP contribution in [0.4, 0.5) is 23.7 Å². The van der Waals surface area contributed by atoms with Gasteiger partial charge in [0.1, 0.15) is 18.8 Å². The Kier molecular flexibility index (Phi) is 9.29. The van der Waals surface area contributed by atoms with Crippen LogP contribution in [0.15, 0.2) is 71.5 Å². The van der Waals surface area contributed by atoms with E-state index in [4.69, 9.17) is 4.74 Å². The first-order chi connectivity index (χ1) is 18.4. The van der Waals surface area contributed by atoms with Crippen LogP contribution >= 0.6 is 0 Å².